The zero-order valence-electron chi connectivity index (χ0n) is 11.9. The molecule has 0 saturated heterocycles. The Morgan fingerprint density at radius 1 is 1.24 bits per heavy atom. The molecular formula is C13H19F3N3OS+. The maximum absolute atomic E-state index is 12.0. The molecule has 0 saturated carbocycles. The van der Waals surface area contributed by atoms with Crippen molar-refractivity contribution in [3.63, 3.8) is 0 Å². The van der Waals surface area contributed by atoms with Crippen molar-refractivity contribution < 1.29 is 22.8 Å². The first-order valence-corrected chi connectivity index (χ1v) is 6.87. The first kappa shape index (κ1) is 17.5. The maximum Gasteiger partial charge on any atom is 0.573 e. The maximum atomic E-state index is 12.0. The fraction of sp³-hybridized carbons (Fsp3) is 0.462. The zero-order valence-corrected chi connectivity index (χ0v) is 12.7. The summed E-state index contributed by atoms with van der Waals surface area (Å²) in [5, 5.41) is 6.37. The highest BCUT2D eigenvalue weighted by Crippen LogP contribution is 2.23. The Kier molecular flexibility index (Phi) is 6.70. The van der Waals surface area contributed by atoms with E-state index in [1.807, 2.05) is 0 Å². The number of benzene rings is 1. The van der Waals surface area contributed by atoms with E-state index in [0.29, 0.717) is 10.8 Å². The molecule has 3 N–H and O–H groups in total. The van der Waals surface area contributed by atoms with Gasteiger partial charge in [0.25, 0.3) is 0 Å². The molecule has 0 aliphatic heterocycles. The largest absolute Gasteiger partial charge is 0.573 e. The van der Waals surface area contributed by atoms with Crippen LogP contribution in [0.2, 0.25) is 0 Å². The van der Waals surface area contributed by atoms with Crippen molar-refractivity contribution >= 4 is 23.0 Å². The van der Waals surface area contributed by atoms with Gasteiger partial charge in [0.05, 0.1) is 20.6 Å². The lowest BCUT2D eigenvalue weighted by atomic mass is 10.3. The van der Waals surface area contributed by atoms with Crippen LogP contribution in [0, 0.1) is 0 Å². The second-order valence-corrected chi connectivity index (χ2v) is 5.17. The van der Waals surface area contributed by atoms with Gasteiger partial charge in [-0.25, -0.2) is 0 Å². The molecule has 1 rings (SSSR count). The molecule has 0 fully saturated rings. The van der Waals surface area contributed by atoms with E-state index < -0.39 is 6.36 Å². The Balaban J connectivity index is 2.36. The molecule has 21 heavy (non-hydrogen) atoms. The SMILES string of the molecule is C[NH+](C)CCCNC(=S)Nc1ccc(OC(F)(F)F)cc1. The Hall–Kier alpha value is -1.54. The molecule has 8 heteroatoms. The molecule has 0 aliphatic rings. The van der Waals surface area contributed by atoms with E-state index in [-0.39, 0.29) is 5.75 Å². The Morgan fingerprint density at radius 2 is 1.86 bits per heavy atom. The van der Waals surface area contributed by atoms with Crippen LogP contribution < -0.4 is 20.3 Å². The third kappa shape index (κ3) is 8.36. The molecule has 0 heterocycles. The van der Waals surface area contributed by atoms with Gasteiger partial charge in [-0.05, 0) is 36.5 Å². The minimum Gasteiger partial charge on any atom is -0.406 e. The van der Waals surface area contributed by atoms with Gasteiger partial charge in [0.2, 0.25) is 0 Å². The number of alkyl halides is 3. The predicted octanol–water partition coefficient (Wildman–Crippen LogP) is 1.41. The van der Waals surface area contributed by atoms with Crippen LogP contribution in [0.1, 0.15) is 6.42 Å². The van der Waals surface area contributed by atoms with Crippen LogP contribution in [-0.2, 0) is 0 Å². The average molecular weight is 322 g/mol. The molecule has 4 nitrogen and oxygen atoms in total. The molecule has 1 aromatic rings. The monoisotopic (exact) mass is 322 g/mol. The molecule has 0 spiro atoms. The van der Waals surface area contributed by atoms with Crippen molar-refractivity contribution in [3.8, 4) is 5.75 Å². The molecule has 0 atom stereocenters. The summed E-state index contributed by atoms with van der Waals surface area (Å²) < 4.78 is 39.8. The summed E-state index contributed by atoms with van der Waals surface area (Å²) >= 11 is 5.10. The van der Waals surface area contributed by atoms with Crippen molar-refractivity contribution in [1.82, 2.24) is 5.32 Å². The summed E-state index contributed by atoms with van der Waals surface area (Å²) in [4.78, 5) is 1.36. The lowest BCUT2D eigenvalue weighted by Crippen LogP contribution is -3.05. The fourth-order valence-electron chi connectivity index (χ4n) is 1.56. The van der Waals surface area contributed by atoms with Gasteiger partial charge in [0.1, 0.15) is 5.75 Å². The summed E-state index contributed by atoms with van der Waals surface area (Å²) in [6.45, 7) is 1.77. The lowest BCUT2D eigenvalue weighted by molar-refractivity contribution is -0.858. The van der Waals surface area contributed by atoms with Gasteiger partial charge in [-0.1, -0.05) is 0 Å². The van der Waals surface area contributed by atoms with Gasteiger partial charge in [-0.3, -0.25) is 0 Å². The third-order valence-electron chi connectivity index (χ3n) is 2.48. The van der Waals surface area contributed by atoms with Gasteiger partial charge in [-0.15, -0.1) is 13.2 Å². The van der Waals surface area contributed by atoms with E-state index in [0.717, 1.165) is 19.5 Å². The van der Waals surface area contributed by atoms with Crippen molar-refractivity contribution in [1.29, 1.82) is 0 Å². The number of rotatable bonds is 6. The number of halogens is 3. The summed E-state index contributed by atoms with van der Waals surface area (Å²) in [7, 11) is 4.14. The molecular weight excluding hydrogens is 303 g/mol. The van der Waals surface area contributed by atoms with Crippen LogP contribution >= 0.6 is 12.2 Å². The predicted molar refractivity (Wildman–Crippen MR) is 79.6 cm³/mol. The minimum atomic E-state index is -4.68. The summed E-state index contributed by atoms with van der Waals surface area (Å²) in [6.07, 6.45) is -3.71. The second kappa shape index (κ2) is 8.04. The Bertz CT molecular complexity index is 449. The third-order valence-corrected chi connectivity index (χ3v) is 2.73. The van der Waals surface area contributed by atoms with Crippen LogP contribution in [-0.4, -0.2) is 38.7 Å². The Labute approximate surface area is 127 Å². The van der Waals surface area contributed by atoms with Crippen LogP contribution in [0.25, 0.3) is 0 Å². The Morgan fingerprint density at radius 3 is 2.38 bits per heavy atom. The van der Waals surface area contributed by atoms with Gasteiger partial charge in [0, 0.05) is 18.7 Å². The zero-order chi connectivity index (χ0) is 15.9. The number of hydrogen-bond donors (Lipinski definition) is 3. The molecule has 1 aromatic carbocycles. The normalized spacial score (nSPS) is 11.3. The van der Waals surface area contributed by atoms with Crippen LogP contribution in [0.4, 0.5) is 18.9 Å². The quantitative estimate of drug-likeness (QED) is 0.547. The molecule has 0 amide bonds. The average Bonchev–Trinajstić information content (AvgIpc) is 2.35. The number of hydrogen-bond acceptors (Lipinski definition) is 2. The van der Waals surface area contributed by atoms with Crippen LogP contribution in [0.15, 0.2) is 24.3 Å². The molecule has 0 aliphatic carbocycles. The van der Waals surface area contributed by atoms with E-state index in [9.17, 15) is 13.2 Å². The topological polar surface area (TPSA) is 37.7 Å². The highest BCUT2D eigenvalue weighted by molar-refractivity contribution is 7.80. The van der Waals surface area contributed by atoms with E-state index in [4.69, 9.17) is 12.2 Å². The number of nitrogens with one attached hydrogen (secondary N) is 3. The highest BCUT2D eigenvalue weighted by atomic mass is 32.1. The number of quaternary nitrogens is 1. The van der Waals surface area contributed by atoms with Crippen molar-refractivity contribution in [2.45, 2.75) is 12.8 Å². The van der Waals surface area contributed by atoms with Crippen molar-refractivity contribution in [3.05, 3.63) is 24.3 Å². The summed E-state index contributed by atoms with van der Waals surface area (Å²) in [5.41, 5.74) is 0.597. The second-order valence-electron chi connectivity index (χ2n) is 4.76. The number of anilines is 1. The van der Waals surface area contributed by atoms with Gasteiger partial charge in [0.15, 0.2) is 5.11 Å². The summed E-state index contributed by atoms with van der Waals surface area (Å²) in [6, 6.07) is 5.40. The smallest absolute Gasteiger partial charge is 0.406 e. The standard InChI is InChI=1S/C13H18F3N3OS/c1-19(2)9-3-8-17-12(21)18-10-4-6-11(7-5-10)20-13(14,15)16/h4-7H,3,8-9H2,1-2H3,(H2,17,18,21)/p+1. The minimum absolute atomic E-state index is 0.263. The molecule has 118 valence electrons. The molecule has 0 unspecified atom stereocenters. The van der Waals surface area contributed by atoms with E-state index in [2.05, 4.69) is 29.5 Å². The first-order valence-electron chi connectivity index (χ1n) is 6.46. The van der Waals surface area contributed by atoms with E-state index >= 15 is 0 Å². The van der Waals surface area contributed by atoms with Gasteiger partial charge < -0.3 is 20.3 Å². The summed E-state index contributed by atoms with van der Waals surface area (Å²) in [5.74, 6) is -0.263. The van der Waals surface area contributed by atoms with Crippen molar-refractivity contribution in [2.24, 2.45) is 0 Å². The van der Waals surface area contributed by atoms with E-state index in [1.165, 1.54) is 29.2 Å². The van der Waals surface area contributed by atoms with Gasteiger partial charge >= 0.3 is 6.36 Å². The molecule has 0 bridgehead atoms. The van der Waals surface area contributed by atoms with Gasteiger partial charge in [-0.2, -0.15) is 0 Å². The van der Waals surface area contributed by atoms with Crippen molar-refractivity contribution in [2.75, 3.05) is 32.5 Å². The number of ether oxygens (including phenoxy) is 1. The first-order chi connectivity index (χ1) is 9.76. The molecule has 0 radical (unpaired) electrons. The number of thiocarbonyl (C=S) groups is 1. The van der Waals surface area contributed by atoms with E-state index in [1.54, 1.807) is 0 Å². The lowest BCUT2D eigenvalue weighted by Gasteiger charge is -2.12. The van der Waals surface area contributed by atoms with Crippen LogP contribution in [0.3, 0.4) is 0 Å². The molecule has 0 aromatic heterocycles. The fourth-order valence-corrected chi connectivity index (χ4v) is 1.78. The highest BCUT2D eigenvalue weighted by Gasteiger charge is 2.30. The van der Waals surface area contributed by atoms with Crippen LogP contribution in [0.5, 0.6) is 5.75 Å².